The third kappa shape index (κ3) is 4.99. The number of nitrogens with zero attached hydrogens (tertiary/aromatic N) is 4. The summed E-state index contributed by atoms with van der Waals surface area (Å²) in [5.41, 5.74) is 2.08. The van der Waals surface area contributed by atoms with E-state index in [9.17, 15) is 14.0 Å². The minimum Gasteiger partial charge on any atom is -0.366 e. The maximum Gasteiger partial charge on any atom is 0.266 e. The van der Waals surface area contributed by atoms with Crippen molar-refractivity contribution in [3.63, 3.8) is 0 Å². The highest BCUT2D eigenvalue weighted by Gasteiger charge is 2.22. The zero-order chi connectivity index (χ0) is 21.6. The molecular formula is C24H25FN4O2. The number of para-hydroxylation sites is 1. The van der Waals surface area contributed by atoms with E-state index in [2.05, 4.69) is 5.10 Å². The summed E-state index contributed by atoms with van der Waals surface area (Å²) < 4.78 is 15.4. The lowest BCUT2D eigenvalue weighted by Gasteiger charge is -2.36. The average molecular weight is 420 g/mol. The number of hydrogen-bond acceptors (Lipinski definition) is 4. The second kappa shape index (κ2) is 9.55. The molecule has 2 heterocycles. The standard InChI is InChI=1S/C24H25FN4O2/c25-20-9-4-5-10-22(20)27-15-17-28(18-16-27)23(30)11-6-14-29-24(31)13-12-21(26-29)19-7-2-1-3-8-19/h1-5,7-10,12-13H,6,11,14-18H2. The predicted molar refractivity (Wildman–Crippen MR) is 118 cm³/mol. The van der Waals surface area contributed by atoms with Crippen LogP contribution in [0.1, 0.15) is 12.8 Å². The first kappa shape index (κ1) is 20.8. The molecule has 0 spiro atoms. The van der Waals surface area contributed by atoms with Gasteiger partial charge >= 0.3 is 0 Å². The third-order valence-corrected chi connectivity index (χ3v) is 5.52. The van der Waals surface area contributed by atoms with E-state index in [4.69, 9.17) is 0 Å². The molecule has 1 amide bonds. The van der Waals surface area contributed by atoms with Gasteiger partial charge in [-0.15, -0.1) is 0 Å². The van der Waals surface area contributed by atoms with Crippen LogP contribution in [0.4, 0.5) is 10.1 Å². The molecule has 3 aromatic rings. The van der Waals surface area contributed by atoms with Gasteiger partial charge in [0.15, 0.2) is 0 Å². The molecule has 0 atom stereocenters. The van der Waals surface area contributed by atoms with Gasteiger partial charge in [0.05, 0.1) is 11.4 Å². The van der Waals surface area contributed by atoms with Crippen LogP contribution in [0.15, 0.2) is 71.5 Å². The number of halogens is 1. The topological polar surface area (TPSA) is 58.4 Å². The van der Waals surface area contributed by atoms with Crippen LogP contribution < -0.4 is 10.5 Å². The van der Waals surface area contributed by atoms with E-state index in [0.29, 0.717) is 51.3 Å². The fourth-order valence-corrected chi connectivity index (χ4v) is 3.82. The minimum atomic E-state index is -0.238. The number of carbonyl (C=O) groups excluding carboxylic acids is 1. The van der Waals surface area contributed by atoms with Gasteiger partial charge in [-0.05, 0) is 24.6 Å². The Hall–Kier alpha value is -3.48. The number of anilines is 1. The molecule has 1 saturated heterocycles. The third-order valence-electron chi connectivity index (χ3n) is 5.52. The Morgan fingerprint density at radius 1 is 0.903 bits per heavy atom. The van der Waals surface area contributed by atoms with Gasteiger partial charge in [0.1, 0.15) is 5.82 Å². The van der Waals surface area contributed by atoms with Crippen molar-refractivity contribution in [2.24, 2.45) is 0 Å². The molecule has 0 bridgehead atoms. The van der Waals surface area contributed by atoms with Crippen LogP contribution in [0.5, 0.6) is 0 Å². The molecule has 4 rings (SSSR count). The summed E-state index contributed by atoms with van der Waals surface area (Å²) in [5, 5.41) is 4.44. The molecule has 6 nitrogen and oxygen atoms in total. The number of aryl methyl sites for hydroxylation is 1. The van der Waals surface area contributed by atoms with E-state index in [1.54, 1.807) is 18.2 Å². The molecule has 2 aromatic carbocycles. The maximum atomic E-state index is 14.0. The fraction of sp³-hybridized carbons (Fsp3) is 0.292. The van der Waals surface area contributed by atoms with E-state index in [1.165, 1.54) is 16.8 Å². The number of piperazine rings is 1. The second-order valence-corrected chi connectivity index (χ2v) is 7.57. The summed E-state index contributed by atoms with van der Waals surface area (Å²) in [5.74, 6) is -0.182. The quantitative estimate of drug-likeness (QED) is 0.615. The molecule has 0 saturated carbocycles. The summed E-state index contributed by atoms with van der Waals surface area (Å²) in [6.45, 7) is 2.73. The molecule has 0 N–H and O–H groups in total. The van der Waals surface area contributed by atoms with Crippen LogP contribution in [-0.4, -0.2) is 46.8 Å². The van der Waals surface area contributed by atoms with Crippen molar-refractivity contribution < 1.29 is 9.18 Å². The molecule has 7 heteroatoms. The normalized spacial score (nSPS) is 14.0. The van der Waals surface area contributed by atoms with Gasteiger partial charge in [-0.25, -0.2) is 9.07 Å². The Balaban J connectivity index is 1.29. The van der Waals surface area contributed by atoms with Gasteiger partial charge in [0.2, 0.25) is 5.91 Å². The summed E-state index contributed by atoms with van der Waals surface area (Å²) in [6, 6.07) is 19.6. The average Bonchev–Trinajstić information content (AvgIpc) is 2.81. The first-order chi connectivity index (χ1) is 15.1. The Labute approximate surface area is 180 Å². The Kier molecular flexibility index (Phi) is 6.40. The molecule has 1 aliphatic heterocycles. The monoisotopic (exact) mass is 420 g/mol. The smallest absolute Gasteiger partial charge is 0.266 e. The van der Waals surface area contributed by atoms with Crippen molar-refractivity contribution in [2.75, 3.05) is 31.1 Å². The van der Waals surface area contributed by atoms with Gasteiger partial charge in [0, 0.05) is 50.8 Å². The van der Waals surface area contributed by atoms with Crippen molar-refractivity contribution in [2.45, 2.75) is 19.4 Å². The number of amides is 1. The summed E-state index contributed by atoms with van der Waals surface area (Å²) in [6.07, 6.45) is 0.890. The molecule has 0 radical (unpaired) electrons. The summed E-state index contributed by atoms with van der Waals surface area (Å²) in [7, 11) is 0. The Morgan fingerprint density at radius 3 is 2.35 bits per heavy atom. The van der Waals surface area contributed by atoms with Crippen LogP contribution in [0.3, 0.4) is 0 Å². The molecule has 0 aliphatic carbocycles. The second-order valence-electron chi connectivity index (χ2n) is 7.57. The minimum absolute atomic E-state index is 0.0560. The van der Waals surface area contributed by atoms with E-state index in [0.717, 1.165) is 11.3 Å². The highest BCUT2D eigenvalue weighted by Crippen LogP contribution is 2.20. The summed E-state index contributed by atoms with van der Waals surface area (Å²) in [4.78, 5) is 28.5. The van der Waals surface area contributed by atoms with E-state index < -0.39 is 0 Å². The van der Waals surface area contributed by atoms with Crippen LogP contribution in [0, 0.1) is 5.82 Å². The van der Waals surface area contributed by atoms with Crippen LogP contribution in [-0.2, 0) is 11.3 Å². The van der Waals surface area contributed by atoms with Gasteiger partial charge in [-0.3, -0.25) is 9.59 Å². The molecule has 1 aromatic heterocycles. The number of carbonyl (C=O) groups is 1. The van der Waals surface area contributed by atoms with Crippen molar-refractivity contribution in [1.82, 2.24) is 14.7 Å². The molecule has 160 valence electrons. The zero-order valence-corrected chi connectivity index (χ0v) is 17.3. The van der Waals surface area contributed by atoms with Gasteiger partial charge in [0.25, 0.3) is 5.56 Å². The van der Waals surface area contributed by atoms with E-state index >= 15 is 0 Å². The highest BCUT2D eigenvalue weighted by molar-refractivity contribution is 5.76. The predicted octanol–water partition coefficient (Wildman–Crippen LogP) is 3.18. The van der Waals surface area contributed by atoms with Crippen molar-refractivity contribution >= 4 is 11.6 Å². The lowest BCUT2D eigenvalue weighted by Crippen LogP contribution is -2.49. The van der Waals surface area contributed by atoms with E-state index in [1.807, 2.05) is 46.2 Å². The van der Waals surface area contributed by atoms with Crippen molar-refractivity contribution in [3.05, 3.63) is 82.9 Å². The Bertz CT molecular complexity index is 1090. The largest absolute Gasteiger partial charge is 0.366 e. The fourth-order valence-electron chi connectivity index (χ4n) is 3.82. The van der Waals surface area contributed by atoms with Gasteiger partial charge < -0.3 is 9.80 Å². The Morgan fingerprint density at radius 2 is 1.61 bits per heavy atom. The first-order valence-electron chi connectivity index (χ1n) is 10.5. The van der Waals surface area contributed by atoms with Gasteiger partial charge in [-0.2, -0.15) is 5.10 Å². The number of rotatable bonds is 6. The van der Waals surface area contributed by atoms with E-state index in [-0.39, 0.29) is 17.3 Å². The molecule has 1 aliphatic rings. The van der Waals surface area contributed by atoms with Crippen LogP contribution >= 0.6 is 0 Å². The molecular weight excluding hydrogens is 395 g/mol. The van der Waals surface area contributed by atoms with Gasteiger partial charge in [-0.1, -0.05) is 42.5 Å². The number of benzene rings is 2. The van der Waals surface area contributed by atoms with Crippen LogP contribution in [0.2, 0.25) is 0 Å². The van der Waals surface area contributed by atoms with Crippen LogP contribution in [0.25, 0.3) is 11.3 Å². The highest BCUT2D eigenvalue weighted by atomic mass is 19.1. The first-order valence-corrected chi connectivity index (χ1v) is 10.5. The SMILES string of the molecule is O=C(CCCn1nc(-c2ccccc2)ccc1=O)N1CCN(c2ccccc2F)CC1. The molecule has 31 heavy (non-hydrogen) atoms. The lowest BCUT2D eigenvalue weighted by molar-refractivity contribution is -0.131. The molecule has 1 fully saturated rings. The van der Waals surface area contributed by atoms with Crippen molar-refractivity contribution in [3.8, 4) is 11.3 Å². The van der Waals surface area contributed by atoms with Crippen molar-refractivity contribution in [1.29, 1.82) is 0 Å². The number of hydrogen-bond donors (Lipinski definition) is 0. The zero-order valence-electron chi connectivity index (χ0n) is 17.3. The lowest BCUT2D eigenvalue weighted by atomic mass is 10.1. The molecule has 0 unspecified atom stereocenters. The summed E-state index contributed by atoms with van der Waals surface area (Å²) >= 11 is 0. The maximum absolute atomic E-state index is 14.0. The number of aromatic nitrogens is 2.